The molecule has 0 spiro atoms. The van der Waals surface area contributed by atoms with Crippen molar-refractivity contribution in [2.75, 3.05) is 0 Å². The molecule has 0 fully saturated rings. The van der Waals surface area contributed by atoms with Crippen LogP contribution in [0.15, 0.2) is 52.0 Å². The summed E-state index contributed by atoms with van der Waals surface area (Å²) >= 11 is 0. The van der Waals surface area contributed by atoms with Crippen molar-refractivity contribution in [2.45, 2.75) is 139 Å². The Kier molecular flexibility index (Phi) is 14.6. The molecule has 0 radical (unpaired) electrons. The lowest BCUT2D eigenvalue weighted by atomic mass is 9.69. The molecule has 0 aromatic heterocycles. The van der Waals surface area contributed by atoms with Gasteiger partial charge in [0.25, 0.3) is 0 Å². The zero-order valence-electron chi connectivity index (χ0n) is 36.3. The molecule has 7 N–H and O–H groups in total. The molecule has 1 aliphatic carbocycles. The van der Waals surface area contributed by atoms with Crippen LogP contribution in [0.1, 0.15) is 163 Å². The molecule has 1 unspecified atom stereocenters. The van der Waals surface area contributed by atoms with E-state index in [1.807, 2.05) is 20.8 Å². The summed E-state index contributed by atoms with van der Waals surface area (Å²) in [7, 11) is 0. The third kappa shape index (κ3) is 9.17. The van der Waals surface area contributed by atoms with Crippen LogP contribution in [0.5, 0.6) is 34.5 Å². The summed E-state index contributed by atoms with van der Waals surface area (Å²) in [5.74, 6) is -8.06. The number of phenols is 5. The van der Waals surface area contributed by atoms with Crippen molar-refractivity contribution >= 4 is 29.2 Å². The molecule has 2 aromatic carbocycles. The van der Waals surface area contributed by atoms with Crippen LogP contribution < -0.4 is 4.74 Å². The quantitative estimate of drug-likeness (QED) is 0.0424. The Morgan fingerprint density at radius 2 is 1.18 bits per heavy atom. The molecule has 0 amide bonds. The van der Waals surface area contributed by atoms with Gasteiger partial charge in [-0.15, -0.1) is 0 Å². The lowest BCUT2D eigenvalue weighted by Crippen LogP contribution is -2.39. The molecular formula is C48H60O12. The van der Waals surface area contributed by atoms with Crippen molar-refractivity contribution in [3.8, 4) is 34.5 Å². The van der Waals surface area contributed by atoms with Crippen molar-refractivity contribution in [2.24, 2.45) is 5.41 Å². The van der Waals surface area contributed by atoms with E-state index in [2.05, 4.69) is 6.08 Å². The van der Waals surface area contributed by atoms with Crippen LogP contribution >= 0.6 is 0 Å². The van der Waals surface area contributed by atoms with E-state index in [1.54, 1.807) is 46.8 Å². The van der Waals surface area contributed by atoms with E-state index < -0.39 is 110 Å². The maximum atomic E-state index is 14.1. The minimum atomic E-state index is -1.77. The Morgan fingerprint density at radius 1 is 0.667 bits per heavy atom. The Morgan fingerprint density at radius 3 is 1.75 bits per heavy atom. The van der Waals surface area contributed by atoms with Crippen LogP contribution in [-0.4, -0.2) is 64.5 Å². The molecule has 60 heavy (non-hydrogen) atoms. The number of aromatic hydroxyl groups is 5. The maximum Gasteiger partial charge on any atom is 0.183 e. The first-order chi connectivity index (χ1) is 28.1. The molecule has 1 heterocycles. The van der Waals surface area contributed by atoms with E-state index >= 15 is 0 Å². The molecule has 0 saturated heterocycles. The number of carbonyl (C=O) groups is 4. The highest BCUT2D eigenvalue weighted by atomic mass is 16.5. The molecule has 324 valence electrons. The molecule has 0 bridgehead atoms. The summed E-state index contributed by atoms with van der Waals surface area (Å²) in [5, 5.41) is 82.3. The summed E-state index contributed by atoms with van der Waals surface area (Å²) in [4.78, 5) is 54.7. The first kappa shape index (κ1) is 46.9. The SMILES string of the molecule is CCCC(=O)C1=C(O)C(Cc2c(O)c(Cc3c(O)c4c(c(C(=O)CCC)c3O)OC(C)(C)C=C4)c(O)c(C(=O)CCC)c2O)=C(O)C(C)(CC=C(C)CCC=C(C)C)C1=O. The third-order valence-corrected chi connectivity index (χ3v) is 11.2. The summed E-state index contributed by atoms with van der Waals surface area (Å²) in [6.07, 6.45) is 7.73. The minimum absolute atomic E-state index is 0.0122. The fourth-order valence-electron chi connectivity index (χ4n) is 7.64. The van der Waals surface area contributed by atoms with Gasteiger partial charge in [0.1, 0.15) is 68.3 Å². The maximum absolute atomic E-state index is 14.1. The number of rotatable bonds is 18. The number of hydrogen-bond acceptors (Lipinski definition) is 12. The van der Waals surface area contributed by atoms with Crippen LogP contribution in [-0.2, 0) is 22.4 Å². The van der Waals surface area contributed by atoms with Gasteiger partial charge in [-0.05, 0) is 92.2 Å². The molecule has 2 aromatic rings. The van der Waals surface area contributed by atoms with Gasteiger partial charge in [-0.3, -0.25) is 19.2 Å². The van der Waals surface area contributed by atoms with Gasteiger partial charge in [0.05, 0.1) is 11.0 Å². The second-order valence-electron chi connectivity index (χ2n) is 16.9. The number of aliphatic hydroxyl groups is 2. The van der Waals surface area contributed by atoms with E-state index in [0.717, 1.165) is 17.6 Å². The van der Waals surface area contributed by atoms with Crippen LogP contribution in [0.4, 0.5) is 0 Å². The zero-order chi connectivity index (χ0) is 45.0. The second kappa shape index (κ2) is 18.6. The van der Waals surface area contributed by atoms with Crippen molar-refractivity contribution in [1.29, 1.82) is 0 Å². The molecule has 12 nitrogen and oxygen atoms in total. The summed E-state index contributed by atoms with van der Waals surface area (Å²) < 4.78 is 6.06. The monoisotopic (exact) mass is 828 g/mol. The highest BCUT2D eigenvalue weighted by Crippen LogP contribution is 2.52. The molecule has 4 rings (SSSR count). The molecule has 1 aliphatic heterocycles. The van der Waals surface area contributed by atoms with E-state index in [-0.39, 0.29) is 53.7 Å². The molecule has 0 saturated carbocycles. The van der Waals surface area contributed by atoms with Gasteiger partial charge in [-0.1, -0.05) is 44.1 Å². The zero-order valence-corrected chi connectivity index (χ0v) is 36.3. The predicted octanol–water partition coefficient (Wildman–Crippen LogP) is 10.2. The lowest BCUT2D eigenvalue weighted by Gasteiger charge is -2.34. The molecule has 1 atom stereocenters. The Labute approximate surface area is 351 Å². The fraction of sp³-hybridized carbons (Fsp3) is 0.458. The number of carbonyl (C=O) groups excluding carboxylic acids is 4. The Bertz CT molecular complexity index is 2260. The van der Waals surface area contributed by atoms with Gasteiger partial charge in [0.15, 0.2) is 23.1 Å². The van der Waals surface area contributed by atoms with E-state index in [1.165, 1.54) is 13.0 Å². The number of fused-ring (bicyclic) bond motifs is 1. The number of Topliss-reactive ketones (excluding diaryl/α,β-unsaturated/α-hetero) is 4. The lowest BCUT2D eigenvalue weighted by molar-refractivity contribution is -0.127. The van der Waals surface area contributed by atoms with E-state index in [9.17, 15) is 54.9 Å². The summed E-state index contributed by atoms with van der Waals surface area (Å²) in [5.41, 5.74) is -3.54. The van der Waals surface area contributed by atoms with Gasteiger partial charge in [0.2, 0.25) is 0 Å². The van der Waals surface area contributed by atoms with Crippen molar-refractivity contribution in [3.63, 3.8) is 0 Å². The van der Waals surface area contributed by atoms with Crippen LogP contribution in [0.2, 0.25) is 0 Å². The van der Waals surface area contributed by atoms with E-state index in [0.29, 0.717) is 25.7 Å². The molecule has 2 aliphatic rings. The highest BCUT2D eigenvalue weighted by Gasteiger charge is 2.48. The minimum Gasteiger partial charge on any atom is -0.511 e. The number of phenolic OH excluding ortho intramolecular Hbond substituents is 5. The van der Waals surface area contributed by atoms with Gasteiger partial charge >= 0.3 is 0 Å². The topological polar surface area (TPSA) is 219 Å². The van der Waals surface area contributed by atoms with E-state index in [4.69, 9.17) is 4.74 Å². The number of hydrogen-bond donors (Lipinski definition) is 7. The highest BCUT2D eigenvalue weighted by molar-refractivity contribution is 6.24. The standard InChI is InChI=1S/C48H60O12/c1-10-14-32(49)35-40(54)29(23-28-38(52)27-20-21-47(7,8)60-44(27)36(42(28)56)33(50)15-11-2)39(53)30(41(35)55)24-31-43(57)37(34(51)16-12-3)46(59)48(9,45(31)58)22-19-26(6)18-13-17-25(4)5/h17,19-21,52-58H,10-16,18,22-24H2,1-9H3. The Balaban J connectivity index is 2.01. The number of benzene rings is 2. The smallest absolute Gasteiger partial charge is 0.183 e. The largest absolute Gasteiger partial charge is 0.511 e. The third-order valence-electron chi connectivity index (χ3n) is 11.2. The van der Waals surface area contributed by atoms with Gasteiger partial charge in [-0.2, -0.15) is 0 Å². The van der Waals surface area contributed by atoms with Crippen LogP contribution in [0.3, 0.4) is 0 Å². The average Bonchev–Trinajstić information content (AvgIpc) is 3.15. The summed E-state index contributed by atoms with van der Waals surface area (Å²) in [6.45, 7) is 15.9. The number of aliphatic hydroxyl groups excluding tert-OH is 2. The fourth-order valence-corrected chi connectivity index (χ4v) is 7.64. The Hall–Kier alpha value is -5.78. The number of allylic oxidation sites excluding steroid dienone is 7. The van der Waals surface area contributed by atoms with Crippen LogP contribution in [0, 0.1) is 5.41 Å². The summed E-state index contributed by atoms with van der Waals surface area (Å²) in [6, 6.07) is 0. The van der Waals surface area contributed by atoms with Crippen LogP contribution in [0.25, 0.3) is 6.08 Å². The first-order valence-electron chi connectivity index (χ1n) is 20.6. The second-order valence-corrected chi connectivity index (χ2v) is 16.9. The molecule has 12 heteroatoms. The predicted molar refractivity (Wildman–Crippen MR) is 229 cm³/mol. The van der Waals surface area contributed by atoms with Crippen molar-refractivity contribution in [3.05, 3.63) is 85.4 Å². The van der Waals surface area contributed by atoms with Gasteiger partial charge in [-0.25, -0.2) is 0 Å². The average molecular weight is 829 g/mol. The molecular weight excluding hydrogens is 769 g/mol. The number of ether oxygens (including phenoxy) is 1. The first-order valence-corrected chi connectivity index (χ1v) is 20.6. The van der Waals surface area contributed by atoms with Crippen molar-refractivity contribution < 1.29 is 59.7 Å². The van der Waals surface area contributed by atoms with Gasteiger partial charge < -0.3 is 40.5 Å². The normalized spacial score (nSPS) is 17.4. The van der Waals surface area contributed by atoms with Gasteiger partial charge in [0, 0.05) is 54.4 Å². The number of ketones is 4. The van der Waals surface area contributed by atoms with Crippen molar-refractivity contribution in [1.82, 2.24) is 0 Å².